The van der Waals surface area contributed by atoms with Gasteiger partial charge in [0.2, 0.25) is 0 Å². The fourth-order valence-electron chi connectivity index (χ4n) is 3.11. The third kappa shape index (κ3) is 5.43. The second-order valence-electron chi connectivity index (χ2n) is 6.85. The maximum absolute atomic E-state index is 5.94. The van der Waals surface area contributed by atoms with E-state index in [1.807, 2.05) is 0 Å². The normalized spacial score (nSPS) is 27.4. The Kier molecular flexibility index (Phi) is 7.05. The summed E-state index contributed by atoms with van der Waals surface area (Å²) in [5.74, 6) is 3.28. The zero-order chi connectivity index (χ0) is 14.4. The first-order valence-corrected chi connectivity index (χ1v) is 10.1. The van der Waals surface area contributed by atoms with Gasteiger partial charge in [-0.05, 0) is 54.9 Å². The van der Waals surface area contributed by atoms with Crippen molar-refractivity contribution in [1.29, 1.82) is 0 Å². The Morgan fingerprint density at radius 3 is 2.60 bits per heavy atom. The van der Waals surface area contributed by atoms with Gasteiger partial charge in [0.25, 0.3) is 0 Å². The summed E-state index contributed by atoms with van der Waals surface area (Å²) in [5, 5.41) is 0. The Morgan fingerprint density at radius 1 is 1.20 bits per heavy atom. The second kappa shape index (κ2) is 8.30. The van der Waals surface area contributed by atoms with Crippen LogP contribution in [0.5, 0.6) is 0 Å². The third-order valence-corrected chi connectivity index (χ3v) is 7.79. The number of hydrogen-bond acceptors (Lipinski definition) is 4. The monoisotopic (exact) mass is 318 g/mol. The van der Waals surface area contributed by atoms with Gasteiger partial charge < -0.3 is 9.47 Å². The quantitative estimate of drug-likeness (QED) is 0.701. The molecule has 0 aromatic rings. The Hall–Kier alpha value is 0.620. The van der Waals surface area contributed by atoms with Crippen LogP contribution in [0, 0.1) is 11.3 Å². The predicted molar refractivity (Wildman–Crippen MR) is 90.4 cm³/mol. The highest BCUT2D eigenvalue weighted by molar-refractivity contribution is 8.17. The molecule has 2 heterocycles. The van der Waals surface area contributed by atoms with Crippen LogP contribution in [0.3, 0.4) is 0 Å². The first-order valence-electron chi connectivity index (χ1n) is 8.04. The van der Waals surface area contributed by atoms with Crippen molar-refractivity contribution < 1.29 is 9.47 Å². The summed E-state index contributed by atoms with van der Waals surface area (Å²) < 4.78 is 12.3. The molecule has 2 aliphatic heterocycles. The maximum Gasteiger partial charge on any atom is 0.157 e. The summed E-state index contributed by atoms with van der Waals surface area (Å²) in [4.78, 5) is 0. The predicted octanol–water partition coefficient (Wildman–Crippen LogP) is 4.78. The Balaban J connectivity index is 1.70. The second-order valence-corrected chi connectivity index (χ2v) is 9.58. The molecule has 0 aliphatic carbocycles. The zero-order valence-corrected chi connectivity index (χ0v) is 14.9. The van der Waals surface area contributed by atoms with Crippen molar-refractivity contribution in [2.75, 3.05) is 24.7 Å². The van der Waals surface area contributed by atoms with E-state index in [1.165, 1.54) is 37.2 Å². The molecule has 4 heteroatoms. The molecule has 2 fully saturated rings. The number of ether oxygens (including phenoxy) is 2. The van der Waals surface area contributed by atoms with Crippen molar-refractivity contribution in [2.24, 2.45) is 11.3 Å². The summed E-state index contributed by atoms with van der Waals surface area (Å²) in [6.07, 6.45) is 6.19. The van der Waals surface area contributed by atoms with Crippen LogP contribution in [-0.4, -0.2) is 35.6 Å². The Labute approximate surface area is 133 Å². The molecule has 0 bridgehead atoms. The lowest BCUT2D eigenvalue weighted by atomic mass is 9.85. The smallest absolute Gasteiger partial charge is 0.157 e. The molecule has 0 aromatic heterocycles. The number of thioether (sulfide) groups is 2. The van der Waals surface area contributed by atoms with Gasteiger partial charge in [0, 0.05) is 6.61 Å². The summed E-state index contributed by atoms with van der Waals surface area (Å²) >= 11 is 4.31. The highest BCUT2D eigenvalue weighted by Crippen LogP contribution is 2.45. The van der Waals surface area contributed by atoms with Gasteiger partial charge in [-0.2, -0.15) is 0 Å². The standard InChI is InChI=1S/C16H30O2S2/c1-13(12-18-14-7-4-5-8-17-14)11-16(2,3)15-19-9-6-10-20-15/h13-15H,4-12H2,1-3H3/t13-,14+/m1/s1. The van der Waals surface area contributed by atoms with Gasteiger partial charge >= 0.3 is 0 Å². The van der Waals surface area contributed by atoms with Gasteiger partial charge in [-0.15, -0.1) is 23.5 Å². The van der Waals surface area contributed by atoms with E-state index >= 15 is 0 Å². The molecule has 0 spiro atoms. The van der Waals surface area contributed by atoms with Crippen LogP contribution in [0.25, 0.3) is 0 Å². The van der Waals surface area contributed by atoms with Crippen LogP contribution in [0.4, 0.5) is 0 Å². The lowest BCUT2D eigenvalue weighted by Gasteiger charge is -2.38. The SMILES string of the molecule is C[C@@H](CO[C@H]1CCCCO1)CC(C)(C)C1SCCCS1. The van der Waals surface area contributed by atoms with Crippen LogP contribution in [0.15, 0.2) is 0 Å². The number of hydrogen-bond donors (Lipinski definition) is 0. The topological polar surface area (TPSA) is 18.5 Å². The third-order valence-electron chi connectivity index (χ3n) is 4.04. The van der Waals surface area contributed by atoms with E-state index in [-0.39, 0.29) is 6.29 Å². The van der Waals surface area contributed by atoms with Crippen LogP contribution < -0.4 is 0 Å². The van der Waals surface area contributed by atoms with Gasteiger partial charge in [-0.3, -0.25) is 0 Å². The van der Waals surface area contributed by atoms with Crippen LogP contribution in [0.2, 0.25) is 0 Å². The van der Waals surface area contributed by atoms with Crippen LogP contribution in [0.1, 0.15) is 52.9 Å². The molecule has 0 unspecified atom stereocenters. The molecule has 2 nitrogen and oxygen atoms in total. The van der Waals surface area contributed by atoms with Crippen molar-refractivity contribution in [2.45, 2.75) is 63.7 Å². The molecule has 2 aliphatic rings. The minimum Gasteiger partial charge on any atom is -0.353 e. The maximum atomic E-state index is 5.94. The summed E-state index contributed by atoms with van der Waals surface area (Å²) in [7, 11) is 0. The average Bonchev–Trinajstić information content (AvgIpc) is 2.47. The molecule has 2 rings (SSSR count). The van der Waals surface area contributed by atoms with Gasteiger partial charge in [0.05, 0.1) is 11.2 Å². The Bertz CT molecular complexity index is 272. The molecular formula is C16H30O2S2. The molecule has 0 N–H and O–H groups in total. The van der Waals surface area contributed by atoms with E-state index in [0.717, 1.165) is 24.2 Å². The van der Waals surface area contributed by atoms with Crippen LogP contribution in [-0.2, 0) is 9.47 Å². The van der Waals surface area contributed by atoms with Crippen molar-refractivity contribution in [3.05, 3.63) is 0 Å². The minimum atomic E-state index is 0.0627. The first-order chi connectivity index (χ1) is 9.58. The highest BCUT2D eigenvalue weighted by Gasteiger charge is 2.33. The van der Waals surface area contributed by atoms with E-state index < -0.39 is 0 Å². The molecular weight excluding hydrogens is 288 g/mol. The van der Waals surface area contributed by atoms with Gasteiger partial charge in [0.15, 0.2) is 6.29 Å². The lowest BCUT2D eigenvalue weighted by Crippen LogP contribution is -2.31. The van der Waals surface area contributed by atoms with Gasteiger partial charge in [-0.25, -0.2) is 0 Å². The first kappa shape index (κ1) is 17.0. The summed E-state index contributed by atoms with van der Waals surface area (Å²) in [5.41, 5.74) is 0.395. The Morgan fingerprint density at radius 2 is 1.95 bits per heavy atom. The largest absolute Gasteiger partial charge is 0.353 e. The minimum absolute atomic E-state index is 0.0627. The molecule has 118 valence electrons. The molecule has 2 atom stereocenters. The van der Waals surface area contributed by atoms with Crippen molar-refractivity contribution >= 4 is 23.5 Å². The molecule has 20 heavy (non-hydrogen) atoms. The van der Waals surface area contributed by atoms with Gasteiger partial charge in [-0.1, -0.05) is 20.8 Å². The summed E-state index contributed by atoms with van der Waals surface area (Å²) in [6, 6.07) is 0. The van der Waals surface area contributed by atoms with E-state index in [2.05, 4.69) is 44.3 Å². The fourth-order valence-corrected chi connectivity index (χ4v) is 6.40. The molecule has 0 radical (unpaired) electrons. The van der Waals surface area contributed by atoms with Crippen molar-refractivity contribution in [3.8, 4) is 0 Å². The van der Waals surface area contributed by atoms with Gasteiger partial charge in [0.1, 0.15) is 0 Å². The van der Waals surface area contributed by atoms with E-state index in [0.29, 0.717) is 11.3 Å². The fraction of sp³-hybridized carbons (Fsp3) is 1.00. The van der Waals surface area contributed by atoms with E-state index in [4.69, 9.17) is 9.47 Å². The highest BCUT2D eigenvalue weighted by atomic mass is 32.2. The van der Waals surface area contributed by atoms with Crippen molar-refractivity contribution in [3.63, 3.8) is 0 Å². The molecule has 0 aromatic carbocycles. The summed E-state index contributed by atoms with van der Waals surface area (Å²) in [6.45, 7) is 8.89. The van der Waals surface area contributed by atoms with Crippen molar-refractivity contribution in [1.82, 2.24) is 0 Å². The number of rotatable bonds is 6. The van der Waals surface area contributed by atoms with Crippen LogP contribution >= 0.6 is 23.5 Å². The van der Waals surface area contributed by atoms with E-state index in [1.54, 1.807) is 0 Å². The average molecular weight is 319 g/mol. The lowest BCUT2D eigenvalue weighted by molar-refractivity contribution is -0.169. The molecule has 0 saturated carbocycles. The molecule has 0 amide bonds. The molecule has 2 saturated heterocycles. The zero-order valence-electron chi connectivity index (χ0n) is 13.2. The van der Waals surface area contributed by atoms with E-state index in [9.17, 15) is 0 Å².